The molecule has 1 rings (SSSR count). The number of hydrogen-bond acceptors (Lipinski definition) is 3. The number of amides is 1. The molecular weight excluding hydrogens is 178 g/mol. The minimum atomic E-state index is -0.130. The van der Waals surface area contributed by atoms with Crippen LogP contribution in [0.15, 0.2) is 0 Å². The fourth-order valence-corrected chi connectivity index (χ4v) is 1.62. The summed E-state index contributed by atoms with van der Waals surface area (Å²) in [7, 11) is 0. The summed E-state index contributed by atoms with van der Waals surface area (Å²) in [6, 6.07) is 0. The van der Waals surface area contributed by atoms with Gasteiger partial charge in [-0.1, -0.05) is 0 Å². The number of nitrogens with zero attached hydrogens (tertiary/aromatic N) is 1. The lowest BCUT2D eigenvalue weighted by Crippen LogP contribution is -2.54. The lowest BCUT2D eigenvalue weighted by molar-refractivity contribution is -0.125. The molecule has 1 fully saturated rings. The van der Waals surface area contributed by atoms with E-state index in [-0.39, 0.29) is 11.4 Å². The first-order chi connectivity index (χ1) is 6.40. The van der Waals surface area contributed by atoms with Crippen LogP contribution in [0.25, 0.3) is 0 Å². The molecule has 0 saturated carbocycles. The minimum absolute atomic E-state index is 0.105. The molecule has 1 aliphatic heterocycles. The number of carbonyl (C=O) groups is 1. The Morgan fingerprint density at radius 2 is 2.07 bits per heavy atom. The van der Waals surface area contributed by atoms with E-state index in [4.69, 9.17) is 5.73 Å². The highest BCUT2D eigenvalue weighted by atomic mass is 16.2. The molecule has 0 atom stereocenters. The number of likely N-dealkylation sites (tertiary alicyclic amines) is 1. The third-order valence-electron chi connectivity index (χ3n) is 2.25. The van der Waals surface area contributed by atoms with Crippen LogP contribution in [0.3, 0.4) is 0 Å². The van der Waals surface area contributed by atoms with Crippen molar-refractivity contribution in [3.05, 3.63) is 0 Å². The largest absolute Gasteiger partial charge is 0.350 e. The molecule has 0 aromatic carbocycles. The molecule has 4 heteroatoms. The highest BCUT2D eigenvalue weighted by molar-refractivity contribution is 5.78. The average Bonchev–Trinajstić information content (AvgIpc) is 1.91. The van der Waals surface area contributed by atoms with Crippen molar-refractivity contribution in [2.75, 3.05) is 26.2 Å². The molecule has 1 saturated heterocycles. The van der Waals surface area contributed by atoms with Crippen LogP contribution in [0.1, 0.15) is 20.8 Å². The quantitative estimate of drug-likeness (QED) is 0.661. The number of hydrogen-bond donors (Lipinski definition) is 2. The summed E-state index contributed by atoms with van der Waals surface area (Å²) in [4.78, 5) is 13.6. The lowest BCUT2D eigenvalue weighted by atomic mass is 10.0. The molecular formula is C10H21N3O. The first-order valence-corrected chi connectivity index (χ1v) is 5.14. The molecule has 0 bridgehead atoms. The Morgan fingerprint density at radius 3 is 2.50 bits per heavy atom. The summed E-state index contributed by atoms with van der Waals surface area (Å²) in [5.41, 5.74) is 5.37. The van der Waals surface area contributed by atoms with Crippen LogP contribution in [0.4, 0.5) is 0 Å². The second kappa shape index (κ2) is 4.28. The van der Waals surface area contributed by atoms with Crippen LogP contribution >= 0.6 is 0 Å². The Bertz CT molecular complexity index is 204. The highest BCUT2D eigenvalue weighted by Crippen LogP contribution is 2.12. The van der Waals surface area contributed by atoms with E-state index < -0.39 is 0 Å². The van der Waals surface area contributed by atoms with Gasteiger partial charge < -0.3 is 11.1 Å². The van der Waals surface area contributed by atoms with E-state index >= 15 is 0 Å². The molecule has 4 nitrogen and oxygen atoms in total. The van der Waals surface area contributed by atoms with Gasteiger partial charge in [0, 0.05) is 18.6 Å². The zero-order chi connectivity index (χ0) is 10.8. The van der Waals surface area contributed by atoms with Crippen molar-refractivity contribution in [3.8, 4) is 0 Å². The van der Waals surface area contributed by atoms with Crippen LogP contribution in [0.2, 0.25) is 0 Å². The molecule has 0 aromatic heterocycles. The Kier molecular flexibility index (Phi) is 3.50. The van der Waals surface area contributed by atoms with Crippen molar-refractivity contribution in [3.63, 3.8) is 0 Å². The lowest BCUT2D eigenvalue weighted by Gasteiger charge is -2.38. The number of nitrogens with two attached hydrogens (primary N) is 1. The SMILES string of the molecule is CC(C)(C)NC(=O)CN1CC(CN)C1. The maximum atomic E-state index is 11.5. The second-order valence-electron chi connectivity index (χ2n) is 5.09. The van der Waals surface area contributed by atoms with Gasteiger partial charge >= 0.3 is 0 Å². The van der Waals surface area contributed by atoms with Crippen molar-refractivity contribution in [1.82, 2.24) is 10.2 Å². The molecule has 0 unspecified atom stereocenters. The maximum Gasteiger partial charge on any atom is 0.234 e. The van der Waals surface area contributed by atoms with E-state index in [9.17, 15) is 4.79 Å². The summed E-state index contributed by atoms with van der Waals surface area (Å²) in [6.07, 6.45) is 0. The van der Waals surface area contributed by atoms with Gasteiger partial charge in [-0.3, -0.25) is 9.69 Å². The van der Waals surface area contributed by atoms with Crippen molar-refractivity contribution >= 4 is 5.91 Å². The van der Waals surface area contributed by atoms with Crippen LogP contribution in [-0.4, -0.2) is 42.5 Å². The van der Waals surface area contributed by atoms with E-state index in [1.165, 1.54) is 0 Å². The van der Waals surface area contributed by atoms with Crippen LogP contribution in [0, 0.1) is 5.92 Å². The molecule has 1 amide bonds. The van der Waals surface area contributed by atoms with Gasteiger partial charge in [0.2, 0.25) is 5.91 Å². The molecule has 1 aliphatic rings. The van der Waals surface area contributed by atoms with Gasteiger partial charge in [0.25, 0.3) is 0 Å². The predicted molar refractivity (Wildman–Crippen MR) is 56.9 cm³/mol. The molecule has 0 aliphatic carbocycles. The van der Waals surface area contributed by atoms with Gasteiger partial charge in [0.15, 0.2) is 0 Å². The van der Waals surface area contributed by atoms with E-state index in [2.05, 4.69) is 10.2 Å². The normalized spacial score (nSPS) is 19.1. The molecule has 14 heavy (non-hydrogen) atoms. The molecule has 0 radical (unpaired) electrons. The van der Waals surface area contributed by atoms with E-state index in [1.54, 1.807) is 0 Å². The van der Waals surface area contributed by atoms with Gasteiger partial charge in [-0.25, -0.2) is 0 Å². The molecule has 82 valence electrons. The first kappa shape index (κ1) is 11.5. The van der Waals surface area contributed by atoms with Gasteiger partial charge in [0.1, 0.15) is 0 Å². The number of rotatable bonds is 3. The highest BCUT2D eigenvalue weighted by Gasteiger charge is 2.27. The Balaban J connectivity index is 2.17. The topological polar surface area (TPSA) is 58.4 Å². The Labute approximate surface area is 85.8 Å². The van der Waals surface area contributed by atoms with E-state index in [0.29, 0.717) is 12.5 Å². The van der Waals surface area contributed by atoms with Crippen LogP contribution < -0.4 is 11.1 Å². The fourth-order valence-electron chi connectivity index (χ4n) is 1.62. The standard InChI is InChI=1S/C10H21N3O/c1-10(2,3)12-9(14)7-13-5-8(4-11)6-13/h8H,4-7,11H2,1-3H3,(H,12,14). The summed E-state index contributed by atoms with van der Waals surface area (Å²) in [5.74, 6) is 0.699. The Morgan fingerprint density at radius 1 is 1.50 bits per heavy atom. The minimum Gasteiger partial charge on any atom is -0.350 e. The van der Waals surface area contributed by atoms with Gasteiger partial charge in [-0.15, -0.1) is 0 Å². The summed E-state index contributed by atoms with van der Waals surface area (Å²) in [6.45, 7) is 9.14. The molecule has 1 heterocycles. The predicted octanol–water partition coefficient (Wildman–Crippen LogP) is -0.208. The zero-order valence-electron chi connectivity index (χ0n) is 9.34. The van der Waals surface area contributed by atoms with Crippen molar-refractivity contribution in [2.45, 2.75) is 26.3 Å². The summed E-state index contributed by atoms with van der Waals surface area (Å²) >= 11 is 0. The van der Waals surface area contributed by atoms with Gasteiger partial charge in [0.05, 0.1) is 6.54 Å². The fraction of sp³-hybridized carbons (Fsp3) is 0.900. The van der Waals surface area contributed by atoms with Crippen molar-refractivity contribution in [1.29, 1.82) is 0 Å². The Hall–Kier alpha value is -0.610. The van der Waals surface area contributed by atoms with Crippen LogP contribution in [-0.2, 0) is 4.79 Å². The van der Waals surface area contributed by atoms with Gasteiger partial charge in [-0.05, 0) is 33.2 Å². The number of carbonyl (C=O) groups excluding carboxylic acids is 1. The van der Waals surface area contributed by atoms with E-state index in [0.717, 1.165) is 19.6 Å². The summed E-state index contributed by atoms with van der Waals surface area (Å²) < 4.78 is 0. The van der Waals surface area contributed by atoms with Crippen molar-refractivity contribution in [2.24, 2.45) is 11.7 Å². The average molecular weight is 199 g/mol. The third kappa shape index (κ3) is 3.64. The summed E-state index contributed by atoms with van der Waals surface area (Å²) in [5, 5.41) is 2.94. The second-order valence-corrected chi connectivity index (χ2v) is 5.09. The van der Waals surface area contributed by atoms with Gasteiger partial charge in [-0.2, -0.15) is 0 Å². The first-order valence-electron chi connectivity index (χ1n) is 5.14. The molecule has 0 spiro atoms. The third-order valence-corrected chi connectivity index (χ3v) is 2.25. The smallest absolute Gasteiger partial charge is 0.234 e. The number of nitrogens with one attached hydrogen (secondary N) is 1. The van der Waals surface area contributed by atoms with E-state index in [1.807, 2.05) is 20.8 Å². The zero-order valence-corrected chi connectivity index (χ0v) is 9.34. The molecule has 0 aromatic rings. The monoisotopic (exact) mass is 199 g/mol. The maximum absolute atomic E-state index is 11.5. The molecule has 3 N–H and O–H groups in total. The van der Waals surface area contributed by atoms with Crippen LogP contribution in [0.5, 0.6) is 0 Å². The van der Waals surface area contributed by atoms with Crippen molar-refractivity contribution < 1.29 is 4.79 Å².